The maximum absolute atomic E-state index is 5.86. The van der Waals surface area contributed by atoms with Gasteiger partial charge < -0.3 is 5.32 Å². The Bertz CT molecular complexity index is 234. The second-order valence-electron chi connectivity index (χ2n) is 3.00. The molecule has 1 rings (SSSR count). The molecule has 0 aromatic carbocycles. The third-order valence-electron chi connectivity index (χ3n) is 1.70. The third kappa shape index (κ3) is 2.50. The molecule has 1 heterocycles. The van der Waals surface area contributed by atoms with Gasteiger partial charge in [-0.2, -0.15) is 5.10 Å². The lowest BCUT2D eigenvalue weighted by atomic mass is 10.2. The van der Waals surface area contributed by atoms with Gasteiger partial charge in [0.2, 0.25) is 0 Å². The first-order valence-corrected chi connectivity index (χ1v) is 4.43. The van der Waals surface area contributed by atoms with Gasteiger partial charge in [-0.1, -0.05) is 18.5 Å². The molecule has 1 aromatic rings. The van der Waals surface area contributed by atoms with Crippen molar-refractivity contribution >= 4 is 11.6 Å². The Morgan fingerprint density at radius 3 is 3.00 bits per heavy atom. The van der Waals surface area contributed by atoms with Crippen LogP contribution >= 0.6 is 11.6 Å². The summed E-state index contributed by atoms with van der Waals surface area (Å²) in [5.74, 6) is 0.549. The summed E-state index contributed by atoms with van der Waals surface area (Å²) in [6.07, 6.45) is 1.72. The summed E-state index contributed by atoms with van der Waals surface area (Å²) in [4.78, 5) is 0. The predicted octanol–water partition coefficient (Wildman–Crippen LogP) is 1.39. The summed E-state index contributed by atoms with van der Waals surface area (Å²) in [5.41, 5.74) is 0. The van der Waals surface area contributed by atoms with Crippen molar-refractivity contribution in [1.82, 2.24) is 15.1 Å². The lowest BCUT2D eigenvalue weighted by Gasteiger charge is -2.10. The number of nitrogens with one attached hydrogen (secondary N) is 1. The van der Waals surface area contributed by atoms with E-state index < -0.39 is 0 Å². The number of aromatic nitrogens is 2. The van der Waals surface area contributed by atoms with Gasteiger partial charge >= 0.3 is 0 Å². The van der Waals surface area contributed by atoms with Gasteiger partial charge in [-0.15, -0.1) is 0 Å². The summed E-state index contributed by atoms with van der Waals surface area (Å²) in [5, 5.41) is 7.92. The minimum absolute atomic E-state index is 0.549. The van der Waals surface area contributed by atoms with Crippen LogP contribution in [0, 0.1) is 5.92 Å². The van der Waals surface area contributed by atoms with Crippen LogP contribution in [0.1, 0.15) is 6.92 Å². The Morgan fingerprint density at radius 1 is 1.75 bits per heavy atom. The van der Waals surface area contributed by atoms with Crippen molar-refractivity contribution in [2.45, 2.75) is 13.5 Å². The molecule has 1 aromatic heterocycles. The van der Waals surface area contributed by atoms with Crippen LogP contribution in [-0.4, -0.2) is 23.4 Å². The smallest absolute Gasteiger partial charge is 0.127 e. The van der Waals surface area contributed by atoms with Crippen molar-refractivity contribution in [2.75, 3.05) is 13.6 Å². The SMILES string of the molecule is CNCC(C)Cn1nccc1Cl. The molecule has 1 atom stereocenters. The maximum Gasteiger partial charge on any atom is 0.127 e. The zero-order valence-electron chi connectivity index (χ0n) is 7.42. The largest absolute Gasteiger partial charge is 0.319 e. The van der Waals surface area contributed by atoms with E-state index in [0.717, 1.165) is 13.1 Å². The van der Waals surface area contributed by atoms with Crippen molar-refractivity contribution < 1.29 is 0 Å². The van der Waals surface area contributed by atoms with E-state index >= 15 is 0 Å². The fraction of sp³-hybridized carbons (Fsp3) is 0.625. The Labute approximate surface area is 77.7 Å². The van der Waals surface area contributed by atoms with Crippen LogP contribution in [-0.2, 0) is 6.54 Å². The highest BCUT2D eigenvalue weighted by Crippen LogP contribution is 2.08. The van der Waals surface area contributed by atoms with Crippen molar-refractivity contribution in [2.24, 2.45) is 5.92 Å². The fourth-order valence-electron chi connectivity index (χ4n) is 1.16. The molecule has 0 bridgehead atoms. The van der Waals surface area contributed by atoms with Crippen molar-refractivity contribution in [3.8, 4) is 0 Å². The molecule has 0 aliphatic carbocycles. The van der Waals surface area contributed by atoms with Gasteiger partial charge in [-0.3, -0.25) is 4.68 Å². The van der Waals surface area contributed by atoms with Crippen LogP contribution in [0.15, 0.2) is 12.3 Å². The van der Waals surface area contributed by atoms with Gasteiger partial charge in [-0.05, 0) is 25.6 Å². The number of nitrogens with zero attached hydrogens (tertiary/aromatic N) is 2. The number of hydrogen-bond donors (Lipinski definition) is 1. The van der Waals surface area contributed by atoms with Crippen LogP contribution < -0.4 is 5.32 Å². The second kappa shape index (κ2) is 4.48. The van der Waals surface area contributed by atoms with Gasteiger partial charge in [0.25, 0.3) is 0 Å². The standard InChI is InChI=1S/C8H14ClN3/c1-7(5-10-2)6-12-8(9)3-4-11-12/h3-4,7,10H,5-6H2,1-2H3. The number of rotatable bonds is 4. The second-order valence-corrected chi connectivity index (χ2v) is 3.39. The fourth-order valence-corrected chi connectivity index (χ4v) is 1.33. The average Bonchev–Trinajstić information content (AvgIpc) is 2.37. The van der Waals surface area contributed by atoms with Crippen molar-refractivity contribution in [3.05, 3.63) is 17.4 Å². The highest BCUT2D eigenvalue weighted by atomic mass is 35.5. The van der Waals surface area contributed by atoms with E-state index in [1.807, 2.05) is 11.7 Å². The molecular formula is C8H14ClN3. The molecular weight excluding hydrogens is 174 g/mol. The van der Waals surface area contributed by atoms with E-state index in [1.165, 1.54) is 0 Å². The lowest BCUT2D eigenvalue weighted by Crippen LogP contribution is -2.21. The predicted molar refractivity (Wildman–Crippen MR) is 50.3 cm³/mol. The number of halogens is 1. The quantitative estimate of drug-likeness (QED) is 0.772. The van der Waals surface area contributed by atoms with E-state index in [2.05, 4.69) is 17.3 Å². The Balaban J connectivity index is 2.46. The summed E-state index contributed by atoms with van der Waals surface area (Å²) in [6.45, 7) is 4.01. The third-order valence-corrected chi connectivity index (χ3v) is 2.02. The van der Waals surface area contributed by atoms with E-state index in [4.69, 9.17) is 11.6 Å². The molecule has 0 saturated heterocycles. The van der Waals surface area contributed by atoms with Gasteiger partial charge in [0.05, 0.1) is 6.20 Å². The summed E-state index contributed by atoms with van der Waals surface area (Å²) < 4.78 is 1.81. The van der Waals surface area contributed by atoms with Crippen molar-refractivity contribution in [1.29, 1.82) is 0 Å². The van der Waals surface area contributed by atoms with Gasteiger partial charge in [0, 0.05) is 6.54 Å². The molecule has 0 fully saturated rings. The van der Waals surface area contributed by atoms with E-state index in [-0.39, 0.29) is 0 Å². The number of hydrogen-bond acceptors (Lipinski definition) is 2. The molecule has 0 radical (unpaired) electrons. The van der Waals surface area contributed by atoms with Crippen LogP contribution in [0.2, 0.25) is 5.15 Å². The maximum atomic E-state index is 5.86. The molecule has 0 aliphatic rings. The summed E-state index contributed by atoms with van der Waals surface area (Å²) in [7, 11) is 1.95. The molecule has 3 nitrogen and oxygen atoms in total. The Morgan fingerprint density at radius 2 is 2.50 bits per heavy atom. The molecule has 0 saturated carbocycles. The topological polar surface area (TPSA) is 29.9 Å². The first kappa shape index (κ1) is 9.55. The molecule has 0 amide bonds. The van der Waals surface area contributed by atoms with Crippen LogP contribution in [0.4, 0.5) is 0 Å². The summed E-state index contributed by atoms with van der Waals surface area (Å²) in [6, 6.07) is 1.80. The minimum atomic E-state index is 0.549. The van der Waals surface area contributed by atoms with Gasteiger partial charge in [0.15, 0.2) is 0 Å². The Hall–Kier alpha value is -0.540. The highest BCUT2D eigenvalue weighted by molar-refractivity contribution is 6.29. The van der Waals surface area contributed by atoms with Crippen LogP contribution in [0.3, 0.4) is 0 Å². The zero-order valence-corrected chi connectivity index (χ0v) is 8.17. The monoisotopic (exact) mass is 187 g/mol. The molecule has 1 unspecified atom stereocenters. The highest BCUT2D eigenvalue weighted by Gasteiger charge is 2.04. The first-order chi connectivity index (χ1) is 5.74. The molecule has 68 valence electrons. The molecule has 1 N–H and O–H groups in total. The molecule has 0 aliphatic heterocycles. The van der Waals surface area contributed by atoms with Crippen molar-refractivity contribution in [3.63, 3.8) is 0 Å². The molecule has 4 heteroatoms. The first-order valence-electron chi connectivity index (χ1n) is 4.06. The molecule has 12 heavy (non-hydrogen) atoms. The van der Waals surface area contributed by atoms with Gasteiger partial charge in [-0.25, -0.2) is 0 Å². The lowest BCUT2D eigenvalue weighted by molar-refractivity contribution is 0.436. The Kier molecular flexibility index (Phi) is 3.56. The summed E-state index contributed by atoms with van der Waals surface area (Å²) >= 11 is 5.86. The molecule has 0 spiro atoms. The van der Waals surface area contributed by atoms with E-state index in [0.29, 0.717) is 11.1 Å². The van der Waals surface area contributed by atoms with Crippen LogP contribution in [0.25, 0.3) is 0 Å². The van der Waals surface area contributed by atoms with E-state index in [1.54, 1.807) is 12.3 Å². The normalized spacial score (nSPS) is 13.2. The average molecular weight is 188 g/mol. The van der Waals surface area contributed by atoms with Crippen LogP contribution in [0.5, 0.6) is 0 Å². The minimum Gasteiger partial charge on any atom is -0.319 e. The van der Waals surface area contributed by atoms with E-state index in [9.17, 15) is 0 Å². The van der Waals surface area contributed by atoms with Gasteiger partial charge in [0.1, 0.15) is 5.15 Å². The zero-order chi connectivity index (χ0) is 8.97.